The van der Waals surface area contributed by atoms with Crippen molar-refractivity contribution in [3.05, 3.63) is 66.2 Å². The van der Waals surface area contributed by atoms with Crippen LogP contribution in [-0.2, 0) is 4.74 Å². The summed E-state index contributed by atoms with van der Waals surface area (Å²) in [5, 5.41) is 13.0. The van der Waals surface area contributed by atoms with Crippen LogP contribution < -0.4 is 15.0 Å². The maximum absolute atomic E-state index is 12.0. The Balaban J connectivity index is 1.44. The molecule has 1 amide bonds. The third-order valence-electron chi connectivity index (χ3n) is 6.35. The van der Waals surface area contributed by atoms with Crippen LogP contribution in [0, 0.1) is 11.3 Å². The molecule has 1 aliphatic heterocycles. The number of nitriles is 1. The van der Waals surface area contributed by atoms with Gasteiger partial charge in [-0.2, -0.15) is 15.2 Å². The van der Waals surface area contributed by atoms with Crippen LogP contribution in [0.4, 0.5) is 16.2 Å². The van der Waals surface area contributed by atoms with Crippen molar-refractivity contribution in [3.8, 4) is 17.8 Å². The molecule has 2 aliphatic rings. The quantitative estimate of drug-likeness (QED) is 0.513. The predicted molar refractivity (Wildman–Crippen MR) is 129 cm³/mol. The van der Waals surface area contributed by atoms with Gasteiger partial charge in [-0.25, -0.2) is 9.78 Å². The molecule has 2 unspecified atom stereocenters. The van der Waals surface area contributed by atoms with Gasteiger partial charge in [0.2, 0.25) is 0 Å². The van der Waals surface area contributed by atoms with Crippen molar-refractivity contribution in [2.45, 2.75) is 57.2 Å². The summed E-state index contributed by atoms with van der Waals surface area (Å²) in [6.45, 7) is 3.61. The van der Waals surface area contributed by atoms with E-state index in [1.807, 2.05) is 42.5 Å². The maximum Gasteiger partial charge on any atom is 0.411 e. The van der Waals surface area contributed by atoms with Crippen LogP contribution in [0.5, 0.6) is 11.8 Å². The summed E-state index contributed by atoms with van der Waals surface area (Å²) in [5.41, 5.74) is 3.64. The fourth-order valence-corrected chi connectivity index (χ4v) is 4.65. The first-order valence-electron chi connectivity index (χ1n) is 11.7. The third kappa shape index (κ3) is 4.60. The van der Waals surface area contributed by atoms with Crippen molar-refractivity contribution in [2.75, 3.05) is 10.2 Å². The minimum Gasteiger partial charge on any atom is -0.447 e. The number of carbonyl (C=O) groups is 1. The van der Waals surface area contributed by atoms with Crippen molar-refractivity contribution < 1.29 is 14.3 Å². The lowest BCUT2D eigenvalue weighted by Gasteiger charge is -2.41. The molecule has 0 saturated heterocycles. The number of ether oxygens (including phenoxy) is 2. The molecular weight excluding hydrogens is 444 g/mol. The number of anilines is 2. The lowest BCUT2D eigenvalue weighted by Crippen LogP contribution is -2.41. The number of nitrogens with one attached hydrogen (secondary N) is 1. The summed E-state index contributed by atoms with van der Waals surface area (Å²) < 4.78 is 11.0. The van der Waals surface area contributed by atoms with E-state index < -0.39 is 6.09 Å². The van der Waals surface area contributed by atoms with Crippen LogP contribution in [0.15, 0.2) is 55.1 Å². The number of nitrogens with zero attached hydrogens (tertiary/aromatic N) is 5. The smallest absolute Gasteiger partial charge is 0.411 e. The highest BCUT2D eigenvalue weighted by Crippen LogP contribution is 2.53. The monoisotopic (exact) mass is 470 g/mol. The zero-order chi connectivity index (χ0) is 24.4. The standard InChI is InChI=1S/C26H26N6O3/c1-16(2)34-26(33)31-18-8-6-17(7-9-18)24-22(13-27)21-12-20(35-25-29-14-28-15-30-25)10-11-23(21)32(24)19-4-3-5-19/h6-12,14-16,19,22,24H,3-5H2,1-2H3,(H,31,33). The van der Waals surface area contributed by atoms with E-state index in [1.54, 1.807) is 13.8 Å². The number of hydrogen-bond donors (Lipinski definition) is 1. The Morgan fingerprint density at radius 1 is 1.14 bits per heavy atom. The largest absolute Gasteiger partial charge is 0.447 e. The number of benzene rings is 2. The van der Waals surface area contributed by atoms with E-state index in [0.717, 1.165) is 29.7 Å². The number of aromatic nitrogens is 3. The molecule has 1 fully saturated rings. The summed E-state index contributed by atoms with van der Waals surface area (Å²) in [5.74, 6) is 0.199. The Hall–Kier alpha value is -4.19. The molecule has 178 valence electrons. The summed E-state index contributed by atoms with van der Waals surface area (Å²) in [7, 11) is 0. The van der Waals surface area contributed by atoms with Gasteiger partial charge in [-0.15, -0.1) is 0 Å². The molecule has 0 bridgehead atoms. The van der Waals surface area contributed by atoms with Gasteiger partial charge in [-0.3, -0.25) is 5.32 Å². The highest BCUT2D eigenvalue weighted by molar-refractivity contribution is 5.84. The fraction of sp³-hybridized carbons (Fsp3) is 0.346. The zero-order valence-corrected chi connectivity index (χ0v) is 19.6. The molecule has 9 nitrogen and oxygen atoms in total. The van der Waals surface area contributed by atoms with E-state index in [4.69, 9.17) is 9.47 Å². The molecule has 1 aliphatic carbocycles. The predicted octanol–water partition coefficient (Wildman–Crippen LogP) is 5.34. The van der Waals surface area contributed by atoms with Gasteiger partial charge in [0, 0.05) is 17.4 Å². The van der Waals surface area contributed by atoms with Crippen LogP contribution in [0.3, 0.4) is 0 Å². The normalized spacial score (nSPS) is 19.0. The van der Waals surface area contributed by atoms with E-state index in [2.05, 4.69) is 31.2 Å². The molecule has 1 aromatic heterocycles. The molecule has 2 atom stereocenters. The van der Waals surface area contributed by atoms with E-state index in [1.165, 1.54) is 19.1 Å². The third-order valence-corrected chi connectivity index (χ3v) is 6.35. The van der Waals surface area contributed by atoms with Crippen LogP contribution >= 0.6 is 0 Å². The van der Waals surface area contributed by atoms with Crippen molar-refractivity contribution in [1.29, 1.82) is 5.26 Å². The van der Waals surface area contributed by atoms with Gasteiger partial charge in [-0.05, 0) is 74.6 Å². The number of carbonyl (C=O) groups excluding carboxylic acids is 1. The van der Waals surface area contributed by atoms with Gasteiger partial charge in [0.15, 0.2) is 0 Å². The van der Waals surface area contributed by atoms with E-state index in [-0.39, 0.29) is 24.1 Å². The molecule has 5 rings (SSSR count). The van der Waals surface area contributed by atoms with Crippen molar-refractivity contribution in [1.82, 2.24) is 15.0 Å². The molecule has 2 aromatic carbocycles. The molecule has 2 heterocycles. The zero-order valence-electron chi connectivity index (χ0n) is 19.6. The second-order valence-electron chi connectivity index (χ2n) is 8.99. The topological polar surface area (TPSA) is 113 Å². The van der Waals surface area contributed by atoms with E-state index in [0.29, 0.717) is 17.5 Å². The number of amides is 1. The number of hydrogen-bond acceptors (Lipinski definition) is 8. The average molecular weight is 471 g/mol. The SMILES string of the molecule is CC(C)OC(=O)Nc1ccc(C2C(C#N)c3cc(Oc4ncncn4)ccc3N2C2CCC2)cc1. The summed E-state index contributed by atoms with van der Waals surface area (Å²) in [4.78, 5) is 26.2. The molecule has 35 heavy (non-hydrogen) atoms. The van der Waals surface area contributed by atoms with Gasteiger partial charge < -0.3 is 14.4 Å². The lowest BCUT2D eigenvalue weighted by atomic mass is 9.87. The van der Waals surface area contributed by atoms with Gasteiger partial charge in [0.25, 0.3) is 0 Å². The first-order chi connectivity index (χ1) is 17.0. The number of fused-ring (bicyclic) bond motifs is 1. The summed E-state index contributed by atoms with van der Waals surface area (Å²) in [6.07, 6.45) is 5.44. The summed E-state index contributed by atoms with van der Waals surface area (Å²) in [6, 6.07) is 16.4. The van der Waals surface area contributed by atoms with Crippen LogP contribution in [-0.4, -0.2) is 33.2 Å². The summed E-state index contributed by atoms with van der Waals surface area (Å²) >= 11 is 0. The van der Waals surface area contributed by atoms with Crippen LogP contribution in [0.2, 0.25) is 0 Å². The average Bonchev–Trinajstić information content (AvgIpc) is 3.12. The van der Waals surface area contributed by atoms with Gasteiger partial charge >= 0.3 is 12.1 Å². The molecule has 0 radical (unpaired) electrons. The molecule has 1 saturated carbocycles. The lowest BCUT2D eigenvalue weighted by molar-refractivity contribution is 0.130. The minimum atomic E-state index is -0.488. The highest BCUT2D eigenvalue weighted by Gasteiger charge is 2.44. The molecule has 3 aromatic rings. The van der Waals surface area contributed by atoms with Gasteiger partial charge in [0.05, 0.1) is 24.1 Å². The first-order valence-corrected chi connectivity index (χ1v) is 11.7. The Labute approximate surface area is 203 Å². The highest BCUT2D eigenvalue weighted by atomic mass is 16.6. The Kier molecular flexibility index (Phi) is 6.19. The maximum atomic E-state index is 12.0. The first kappa shape index (κ1) is 22.6. The molecule has 0 spiro atoms. The van der Waals surface area contributed by atoms with Crippen molar-refractivity contribution in [3.63, 3.8) is 0 Å². The second-order valence-corrected chi connectivity index (χ2v) is 8.99. The second kappa shape index (κ2) is 9.58. The van der Waals surface area contributed by atoms with Crippen LogP contribution in [0.25, 0.3) is 0 Å². The number of rotatable bonds is 6. The van der Waals surface area contributed by atoms with Gasteiger partial charge in [0.1, 0.15) is 18.4 Å². The minimum absolute atomic E-state index is 0.135. The van der Waals surface area contributed by atoms with Crippen molar-refractivity contribution in [2.24, 2.45) is 0 Å². The van der Waals surface area contributed by atoms with Crippen molar-refractivity contribution >= 4 is 17.5 Å². The molecular formula is C26H26N6O3. The van der Waals surface area contributed by atoms with Gasteiger partial charge in [-0.1, -0.05) is 12.1 Å². The van der Waals surface area contributed by atoms with E-state index in [9.17, 15) is 10.1 Å². The molecule has 9 heteroatoms. The molecule has 1 N–H and O–H groups in total. The van der Waals surface area contributed by atoms with Crippen LogP contribution in [0.1, 0.15) is 56.2 Å². The fourth-order valence-electron chi connectivity index (χ4n) is 4.65. The Morgan fingerprint density at radius 2 is 1.89 bits per heavy atom. The Morgan fingerprint density at radius 3 is 2.51 bits per heavy atom. The Bertz CT molecular complexity index is 1240. The van der Waals surface area contributed by atoms with E-state index >= 15 is 0 Å².